The summed E-state index contributed by atoms with van der Waals surface area (Å²) in [6, 6.07) is 4.10. The molecule has 0 radical (unpaired) electrons. The molecule has 0 aromatic heterocycles. The molecule has 0 spiro atoms. The molecule has 1 aromatic rings. The number of hydrogen-bond donors (Lipinski definition) is 1. The normalized spacial score (nSPS) is 17.8. The van der Waals surface area contributed by atoms with Crippen molar-refractivity contribution in [3.8, 4) is 5.75 Å². The molecule has 0 amide bonds. The molecule has 9 heteroatoms. The summed E-state index contributed by atoms with van der Waals surface area (Å²) in [4.78, 5) is 11.3. The van der Waals surface area contributed by atoms with E-state index < -0.39 is 21.4 Å². The number of halogens is 1. The minimum Gasteiger partial charge on any atom is -0.495 e. The summed E-state index contributed by atoms with van der Waals surface area (Å²) >= 11 is 5.87. The first-order valence-corrected chi connectivity index (χ1v) is 8.15. The molecule has 0 bridgehead atoms. The summed E-state index contributed by atoms with van der Waals surface area (Å²) in [7, 11) is -1.03. The van der Waals surface area contributed by atoms with E-state index in [-0.39, 0.29) is 30.3 Å². The summed E-state index contributed by atoms with van der Waals surface area (Å²) < 4.78 is 36.0. The van der Waals surface area contributed by atoms with Crippen LogP contribution >= 0.6 is 11.6 Å². The summed E-state index contributed by atoms with van der Waals surface area (Å²) in [5.41, 5.74) is -1.20. The van der Waals surface area contributed by atoms with Crippen LogP contribution in [0.25, 0.3) is 0 Å². The highest BCUT2D eigenvalue weighted by Crippen LogP contribution is 2.37. The monoisotopic (exact) mass is 349 g/mol. The standard InChI is InChI=1S/C13H16ClNO6S/c1-20-8-13(12(16)17)6-15(7-13)22(18,19)9-3-4-10(14)11(5-9)21-2/h3-5H,6-8H2,1-2H3,(H,16,17). The molecule has 1 fully saturated rings. The highest BCUT2D eigenvalue weighted by molar-refractivity contribution is 7.89. The van der Waals surface area contributed by atoms with Gasteiger partial charge in [-0.2, -0.15) is 4.31 Å². The van der Waals surface area contributed by atoms with Crippen LogP contribution in [0.15, 0.2) is 23.1 Å². The van der Waals surface area contributed by atoms with Gasteiger partial charge in [0.15, 0.2) is 0 Å². The third-order valence-electron chi connectivity index (χ3n) is 3.59. The van der Waals surface area contributed by atoms with E-state index in [9.17, 15) is 18.3 Å². The number of carboxylic acid groups (broad SMARTS) is 1. The van der Waals surface area contributed by atoms with Crippen LogP contribution in [-0.4, -0.2) is 57.7 Å². The maximum absolute atomic E-state index is 12.5. The molecular formula is C13H16ClNO6S. The lowest BCUT2D eigenvalue weighted by Crippen LogP contribution is -2.63. The van der Waals surface area contributed by atoms with Crippen LogP contribution < -0.4 is 4.74 Å². The number of nitrogens with zero attached hydrogens (tertiary/aromatic N) is 1. The van der Waals surface area contributed by atoms with Gasteiger partial charge in [0.25, 0.3) is 0 Å². The van der Waals surface area contributed by atoms with Gasteiger partial charge in [-0.25, -0.2) is 8.42 Å². The fourth-order valence-electron chi connectivity index (χ4n) is 2.31. The Morgan fingerprint density at radius 1 is 1.41 bits per heavy atom. The zero-order chi connectivity index (χ0) is 16.5. The molecule has 7 nitrogen and oxygen atoms in total. The molecule has 122 valence electrons. The molecule has 1 aliphatic rings. The van der Waals surface area contributed by atoms with Crippen molar-refractivity contribution in [2.24, 2.45) is 5.41 Å². The molecule has 1 aromatic carbocycles. The molecule has 1 N–H and O–H groups in total. The highest BCUT2D eigenvalue weighted by Gasteiger charge is 2.54. The van der Waals surface area contributed by atoms with Gasteiger partial charge in [-0.15, -0.1) is 0 Å². The van der Waals surface area contributed by atoms with E-state index in [4.69, 9.17) is 21.1 Å². The highest BCUT2D eigenvalue weighted by atomic mass is 35.5. The number of aliphatic carboxylic acids is 1. The van der Waals surface area contributed by atoms with Gasteiger partial charge in [-0.1, -0.05) is 11.6 Å². The van der Waals surface area contributed by atoms with Gasteiger partial charge in [0.1, 0.15) is 11.2 Å². The summed E-state index contributed by atoms with van der Waals surface area (Å²) in [6.45, 7) is -0.314. The third-order valence-corrected chi connectivity index (χ3v) is 5.69. The van der Waals surface area contributed by atoms with Gasteiger partial charge >= 0.3 is 5.97 Å². The minimum atomic E-state index is -3.80. The van der Waals surface area contributed by atoms with Crippen molar-refractivity contribution in [3.05, 3.63) is 23.2 Å². The van der Waals surface area contributed by atoms with Crippen molar-refractivity contribution in [3.63, 3.8) is 0 Å². The number of rotatable bonds is 6. The molecule has 22 heavy (non-hydrogen) atoms. The molecule has 0 saturated carbocycles. The van der Waals surface area contributed by atoms with Crippen LogP contribution in [0.1, 0.15) is 0 Å². The van der Waals surface area contributed by atoms with E-state index in [1.165, 1.54) is 32.4 Å². The summed E-state index contributed by atoms with van der Waals surface area (Å²) in [5, 5.41) is 9.54. The van der Waals surface area contributed by atoms with E-state index in [1.54, 1.807) is 0 Å². The Labute approximate surface area is 133 Å². The topological polar surface area (TPSA) is 93.1 Å². The fraction of sp³-hybridized carbons (Fsp3) is 0.462. The van der Waals surface area contributed by atoms with Gasteiger partial charge in [0.2, 0.25) is 10.0 Å². The Bertz CT molecular complexity index is 684. The van der Waals surface area contributed by atoms with E-state index in [0.717, 1.165) is 4.31 Å². The zero-order valence-electron chi connectivity index (χ0n) is 12.1. The molecule has 1 heterocycles. The molecule has 1 aliphatic heterocycles. The Balaban J connectivity index is 2.25. The number of sulfonamides is 1. The van der Waals surface area contributed by atoms with Gasteiger partial charge in [0, 0.05) is 26.3 Å². The van der Waals surface area contributed by atoms with E-state index in [2.05, 4.69) is 0 Å². The van der Waals surface area contributed by atoms with Crippen molar-refractivity contribution < 1.29 is 27.8 Å². The second-order valence-corrected chi connectivity index (χ2v) is 7.43. The Hall–Kier alpha value is -1.35. The Morgan fingerprint density at radius 3 is 2.55 bits per heavy atom. The van der Waals surface area contributed by atoms with Crippen LogP contribution in [-0.2, 0) is 19.6 Å². The van der Waals surface area contributed by atoms with Gasteiger partial charge in [0.05, 0.1) is 23.6 Å². The van der Waals surface area contributed by atoms with Crippen molar-refractivity contribution in [2.75, 3.05) is 33.9 Å². The number of carboxylic acids is 1. The number of hydrogen-bond acceptors (Lipinski definition) is 5. The third kappa shape index (κ3) is 2.79. The minimum absolute atomic E-state index is 0.00477. The quantitative estimate of drug-likeness (QED) is 0.825. The van der Waals surface area contributed by atoms with Crippen LogP contribution in [0, 0.1) is 5.41 Å². The van der Waals surface area contributed by atoms with Crippen molar-refractivity contribution in [1.82, 2.24) is 4.31 Å². The van der Waals surface area contributed by atoms with Crippen LogP contribution in [0.5, 0.6) is 5.75 Å². The average molecular weight is 350 g/mol. The second-order valence-electron chi connectivity index (χ2n) is 5.09. The number of carbonyl (C=O) groups is 1. The van der Waals surface area contributed by atoms with Gasteiger partial charge in [-0.3, -0.25) is 4.79 Å². The van der Waals surface area contributed by atoms with Gasteiger partial charge in [-0.05, 0) is 12.1 Å². The number of ether oxygens (including phenoxy) is 2. The first-order valence-electron chi connectivity index (χ1n) is 6.33. The van der Waals surface area contributed by atoms with E-state index in [0.29, 0.717) is 5.02 Å². The molecule has 0 atom stereocenters. The largest absolute Gasteiger partial charge is 0.495 e. The average Bonchev–Trinajstić information content (AvgIpc) is 2.41. The molecular weight excluding hydrogens is 334 g/mol. The number of methoxy groups -OCH3 is 2. The number of benzene rings is 1. The van der Waals surface area contributed by atoms with Crippen molar-refractivity contribution >= 4 is 27.6 Å². The maximum atomic E-state index is 12.5. The first kappa shape index (κ1) is 17.0. The van der Waals surface area contributed by atoms with Crippen molar-refractivity contribution in [2.45, 2.75) is 4.90 Å². The molecule has 1 saturated heterocycles. The SMILES string of the molecule is COCC1(C(=O)O)CN(S(=O)(=O)c2ccc(Cl)c(OC)c2)C1. The molecule has 0 unspecified atom stereocenters. The van der Waals surface area contributed by atoms with Crippen LogP contribution in [0.3, 0.4) is 0 Å². The Morgan fingerprint density at radius 2 is 2.05 bits per heavy atom. The summed E-state index contributed by atoms with van der Waals surface area (Å²) in [5.74, 6) is -0.834. The van der Waals surface area contributed by atoms with E-state index in [1.807, 2.05) is 0 Å². The predicted molar refractivity (Wildman–Crippen MR) is 78.7 cm³/mol. The predicted octanol–water partition coefficient (Wildman–Crippen LogP) is 1.07. The Kier molecular flexibility index (Phi) is 4.67. The zero-order valence-corrected chi connectivity index (χ0v) is 13.6. The lowest BCUT2D eigenvalue weighted by Gasteiger charge is -2.45. The second kappa shape index (κ2) is 6.04. The lowest BCUT2D eigenvalue weighted by molar-refractivity contribution is -0.161. The maximum Gasteiger partial charge on any atom is 0.314 e. The van der Waals surface area contributed by atoms with Crippen molar-refractivity contribution in [1.29, 1.82) is 0 Å². The first-order chi connectivity index (χ1) is 10.3. The summed E-state index contributed by atoms with van der Waals surface area (Å²) in [6.07, 6.45) is 0. The van der Waals surface area contributed by atoms with Crippen LogP contribution in [0.2, 0.25) is 5.02 Å². The fourth-order valence-corrected chi connectivity index (χ4v) is 4.14. The molecule has 0 aliphatic carbocycles. The van der Waals surface area contributed by atoms with E-state index >= 15 is 0 Å². The molecule has 2 rings (SSSR count). The van der Waals surface area contributed by atoms with Crippen LogP contribution in [0.4, 0.5) is 0 Å². The smallest absolute Gasteiger partial charge is 0.314 e. The van der Waals surface area contributed by atoms with Gasteiger partial charge < -0.3 is 14.6 Å². The lowest BCUT2D eigenvalue weighted by atomic mass is 9.83.